The summed E-state index contributed by atoms with van der Waals surface area (Å²) in [4.78, 5) is 34.2. The molecule has 1 N–H and O–H groups in total. The van der Waals surface area contributed by atoms with E-state index in [0.717, 1.165) is 38.5 Å². The van der Waals surface area contributed by atoms with E-state index >= 15 is 0 Å². The van der Waals surface area contributed by atoms with Gasteiger partial charge in [0, 0.05) is 6.42 Å². The van der Waals surface area contributed by atoms with E-state index < -0.39 is 12.0 Å². The summed E-state index contributed by atoms with van der Waals surface area (Å²) in [6.45, 7) is 5.75. The van der Waals surface area contributed by atoms with Gasteiger partial charge in [-0.15, -0.1) is 0 Å². The first-order valence-corrected chi connectivity index (χ1v) is 9.34. The molecule has 142 valence electrons. The van der Waals surface area contributed by atoms with E-state index in [1.807, 2.05) is 13.0 Å². The number of rotatable bonds is 13. The van der Waals surface area contributed by atoms with Gasteiger partial charge in [-0.05, 0) is 25.8 Å². The number of unbranched alkanes of at least 4 members (excludes halogenated alkanes) is 4. The van der Waals surface area contributed by atoms with Crippen molar-refractivity contribution in [1.29, 1.82) is 0 Å². The monoisotopic (exact) mass is 353 g/mol. The fourth-order valence-corrected chi connectivity index (χ4v) is 2.73. The van der Waals surface area contributed by atoms with Crippen molar-refractivity contribution in [2.24, 2.45) is 5.92 Å². The summed E-state index contributed by atoms with van der Waals surface area (Å²) < 4.78 is 10.7. The summed E-state index contributed by atoms with van der Waals surface area (Å²) in [5.41, 5.74) is 0. The molecule has 0 saturated carbocycles. The van der Waals surface area contributed by atoms with Gasteiger partial charge in [0.2, 0.25) is 6.41 Å². The number of allylic oxidation sites excluding steroid dienone is 1. The number of hydrogen-bond acceptors (Lipinski definition) is 5. The second-order valence-electron chi connectivity index (χ2n) is 6.52. The van der Waals surface area contributed by atoms with Crippen LogP contribution in [0.1, 0.15) is 72.1 Å². The van der Waals surface area contributed by atoms with Crippen molar-refractivity contribution in [3.8, 4) is 0 Å². The minimum Gasteiger partial charge on any atom is -0.461 e. The van der Waals surface area contributed by atoms with Gasteiger partial charge in [-0.25, -0.2) is 4.79 Å². The smallest absolute Gasteiger partial charge is 0.333 e. The van der Waals surface area contributed by atoms with Gasteiger partial charge in [-0.3, -0.25) is 9.59 Å². The number of esters is 2. The fraction of sp³-hybridized carbons (Fsp3) is 0.737. The summed E-state index contributed by atoms with van der Waals surface area (Å²) in [6, 6.07) is -0.712. The molecule has 0 bridgehead atoms. The Labute approximate surface area is 150 Å². The molecular formula is C19H31NO5. The van der Waals surface area contributed by atoms with Gasteiger partial charge in [0.25, 0.3) is 0 Å². The summed E-state index contributed by atoms with van der Waals surface area (Å²) in [7, 11) is 0. The molecule has 0 unspecified atom stereocenters. The maximum atomic E-state index is 12.0. The molecule has 0 spiro atoms. The lowest BCUT2D eigenvalue weighted by Gasteiger charge is -2.35. The largest absolute Gasteiger partial charge is 0.461 e. The molecule has 0 aromatic carbocycles. The van der Waals surface area contributed by atoms with Gasteiger partial charge >= 0.3 is 11.9 Å². The SMILES string of the molecule is CCC/C=C(\C[C@@H]1OC(=O)[C@H]1CCCCCC)OC(=O)[C@H](C)NC=O. The molecule has 1 saturated heterocycles. The Morgan fingerprint density at radius 1 is 1.28 bits per heavy atom. The van der Waals surface area contributed by atoms with E-state index in [-0.39, 0.29) is 18.0 Å². The third kappa shape index (κ3) is 7.28. The molecule has 1 fully saturated rings. The first-order chi connectivity index (χ1) is 12.0. The Bertz CT molecular complexity index is 474. The van der Waals surface area contributed by atoms with Crippen LogP contribution in [0.2, 0.25) is 0 Å². The number of nitrogens with one attached hydrogen (secondary N) is 1. The molecule has 1 amide bonds. The van der Waals surface area contributed by atoms with Crippen LogP contribution in [-0.4, -0.2) is 30.5 Å². The summed E-state index contributed by atoms with van der Waals surface area (Å²) in [5, 5.41) is 2.38. The van der Waals surface area contributed by atoms with Crippen LogP contribution in [0.25, 0.3) is 0 Å². The topological polar surface area (TPSA) is 81.7 Å². The van der Waals surface area contributed by atoms with Gasteiger partial charge in [0.05, 0.1) is 5.92 Å². The second-order valence-corrected chi connectivity index (χ2v) is 6.52. The quantitative estimate of drug-likeness (QED) is 0.238. The predicted octanol–water partition coefficient (Wildman–Crippen LogP) is 3.25. The van der Waals surface area contributed by atoms with Crippen LogP contribution in [0.3, 0.4) is 0 Å². The van der Waals surface area contributed by atoms with Crippen molar-refractivity contribution in [2.75, 3.05) is 0 Å². The maximum Gasteiger partial charge on any atom is 0.333 e. The van der Waals surface area contributed by atoms with E-state index in [9.17, 15) is 14.4 Å². The maximum absolute atomic E-state index is 12.0. The molecule has 0 aliphatic carbocycles. The summed E-state index contributed by atoms with van der Waals surface area (Å²) >= 11 is 0. The van der Waals surface area contributed by atoms with E-state index in [0.29, 0.717) is 18.6 Å². The highest BCUT2D eigenvalue weighted by molar-refractivity contribution is 5.79. The van der Waals surface area contributed by atoms with E-state index in [1.54, 1.807) is 6.92 Å². The van der Waals surface area contributed by atoms with Gasteiger partial charge in [-0.2, -0.15) is 0 Å². The van der Waals surface area contributed by atoms with Crippen molar-refractivity contribution in [1.82, 2.24) is 5.32 Å². The average Bonchev–Trinajstić information content (AvgIpc) is 2.58. The van der Waals surface area contributed by atoms with Gasteiger partial charge in [0.1, 0.15) is 17.9 Å². The number of ether oxygens (including phenoxy) is 2. The van der Waals surface area contributed by atoms with Crippen LogP contribution >= 0.6 is 0 Å². The zero-order chi connectivity index (χ0) is 18.7. The lowest BCUT2D eigenvalue weighted by molar-refractivity contribution is -0.185. The van der Waals surface area contributed by atoms with Crippen molar-refractivity contribution in [2.45, 2.75) is 84.3 Å². The minimum atomic E-state index is -0.712. The molecule has 0 aromatic heterocycles. The number of carbonyl (C=O) groups excluding carboxylic acids is 3. The highest BCUT2D eigenvalue weighted by Crippen LogP contribution is 2.32. The van der Waals surface area contributed by atoms with Gasteiger partial charge < -0.3 is 14.8 Å². The van der Waals surface area contributed by atoms with E-state index in [2.05, 4.69) is 12.2 Å². The third-order valence-electron chi connectivity index (χ3n) is 4.35. The molecule has 25 heavy (non-hydrogen) atoms. The van der Waals surface area contributed by atoms with Crippen LogP contribution in [0.4, 0.5) is 0 Å². The lowest BCUT2D eigenvalue weighted by atomic mass is 9.88. The van der Waals surface area contributed by atoms with Gasteiger partial charge in [-0.1, -0.05) is 46.0 Å². The highest BCUT2D eigenvalue weighted by atomic mass is 16.6. The zero-order valence-corrected chi connectivity index (χ0v) is 15.6. The van der Waals surface area contributed by atoms with Crippen molar-refractivity contribution >= 4 is 18.3 Å². The van der Waals surface area contributed by atoms with Crippen LogP contribution in [0, 0.1) is 5.92 Å². The molecule has 1 heterocycles. The Hall–Kier alpha value is -1.85. The molecule has 0 radical (unpaired) electrons. The first-order valence-electron chi connectivity index (χ1n) is 9.34. The average molecular weight is 353 g/mol. The second kappa shape index (κ2) is 11.7. The molecule has 6 heteroatoms. The Balaban J connectivity index is 2.57. The van der Waals surface area contributed by atoms with Crippen molar-refractivity contribution in [3.63, 3.8) is 0 Å². The highest BCUT2D eigenvalue weighted by Gasteiger charge is 2.42. The fourth-order valence-electron chi connectivity index (χ4n) is 2.73. The third-order valence-corrected chi connectivity index (χ3v) is 4.35. The standard InChI is InChI=1S/C19H31NO5/c1-4-6-8-9-11-16-17(25-19(16)23)12-15(10-7-5-2)24-18(22)14(3)20-13-21/h10,13-14,16-17H,4-9,11-12H2,1-3H3,(H,20,21)/b15-10+/t14-,16-,17-/m0/s1. The summed E-state index contributed by atoms with van der Waals surface area (Å²) in [5.74, 6) is -0.258. The Morgan fingerprint density at radius 2 is 2.04 bits per heavy atom. The Morgan fingerprint density at radius 3 is 2.64 bits per heavy atom. The lowest BCUT2D eigenvalue weighted by Crippen LogP contribution is -2.45. The van der Waals surface area contributed by atoms with E-state index in [4.69, 9.17) is 9.47 Å². The normalized spacial score (nSPS) is 21.1. The van der Waals surface area contributed by atoms with Gasteiger partial charge in [0.15, 0.2) is 0 Å². The molecule has 1 rings (SSSR count). The first kappa shape index (κ1) is 21.2. The van der Waals surface area contributed by atoms with Crippen LogP contribution in [0.5, 0.6) is 0 Å². The van der Waals surface area contributed by atoms with Crippen LogP contribution in [-0.2, 0) is 23.9 Å². The number of hydrogen-bond donors (Lipinski definition) is 1. The number of amides is 1. The van der Waals surface area contributed by atoms with Crippen LogP contribution in [0.15, 0.2) is 11.8 Å². The zero-order valence-electron chi connectivity index (χ0n) is 15.6. The van der Waals surface area contributed by atoms with E-state index in [1.165, 1.54) is 6.42 Å². The molecule has 3 atom stereocenters. The number of carbonyl (C=O) groups is 3. The summed E-state index contributed by atoms with van der Waals surface area (Å²) in [6.07, 6.45) is 9.51. The minimum absolute atomic E-state index is 0.105. The van der Waals surface area contributed by atoms with Crippen molar-refractivity contribution in [3.05, 3.63) is 11.8 Å². The number of cyclic esters (lactones) is 1. The Kier molecular flexibility index (Phi) is 9.88. The predicted molar refractivity (Wildman–Crippen MR) is 94.5 cm³/mol. The molecule has 0 aromatic rings. The molecule has 1 aliphatic heterocycles. The molecule has 6 nitrogen and oxygen atoms in total. The molecule has 1 aliphatic rings. The molecular weight excluding hydrogens is 322 g/mol. The van der Waals surface area contributed by atoms with Crippen LogP contribution < -0.4 is 5.32 Å². The van der Waals surface area contributed by atoms with Crippen molar-refractivity contribution < 1.29 is 23.9 Å².